The summed E-state index contributed by atoms with van der Waals surface area (Å²) >= 11 is 0. The van der Waals surface area contributed by atoms with Crippen molar-refractivity contribution in [3.8, 4) is 5.75 Å². The molecule has 1 unspecified atom stereocenters. The first kappa shape index (κ1) is 21.8. The molecule has 2 aromatic rings. The fraction of sp³-hybridized carbons (Fsp3) is 0.542. The molecule has 0 amide bonds. The molecule has 1 saturated heterocycles. The normalized spacial score (nSPS) is 20.9. The van der Waals surface area contributed by atoms with Crippen LogP contribution < -0.4 is 4.74 Å². The number of halogens is 3. The van der Waals surface area contributed by atoms with Crippen molar-refractivity contribution in [2.45, 2.75) is 64.7 Å². The van der Waals surface area contributed by atoms with Crippen LogP contribution in [-0.2, 0) is 25.6 Å². The van der Waals surface area contributed by atoms with Gasteiger partial charge in [-0.2, -0.15) is 18.3 Å². The quantitative estimate of drug-likeness (QED) is 0.586. The SMILES string of the molecule is C=C(Cn1nc2c(c1C(F)(F)F)CC(CC)C2)N1CCC[C@@H]1c1cccc(OC)c1C. The third kappa shape index (κ3) is 3.94. The highest BCUT2D eigenvalue weighted by molar-refractivity contribution is 5.41. The minimum Gasteiger partial charge on any atom is -0.496 e. The van der Waals surface area contributed by atoms with Crippen LogP contribution in [0.4, 0.5) is 13.2 Å². The fourth-order valence-electron chi connectivity index (χ4n) is 5.23. The summed E-state index contributed by atoms with van der Waals surface area (Å²) in [6.07, 6.45) is -0.549. The largest absolute Gasteiger partial charge is 0.496 e. The number of fused-ring (bicyclic) bond motifs is 1. The molecular weight excluding hydrogens is 403 g/mol. The van der Waals surface area contributed by atoms with Crippen LogP contribution in [0.5, 0.6) is 5.75 Å². The molecule has 31 heavy (non-hydrogen) atoms. The van der Waals surface area contributed by atoms with Crippen LogP contribution in [0.1, 0.15) is 60.3 Å². The Kier molecular flexibility index (Phi) is 5.79. The molecule has 168 valence electrons. The number of likely N-dealkylation sites (tertiary alicyclic amines) is 1. The minimum atomic E-state index is -4.42. The molecule has 1 aliphatic carbocycles. The summed E-state index contributed by atoms with van der Waals surface area (Å²) < 4.78 is 48.5. The van der Waals surface area contributed by atoms with Crippen molar-refractivity contribution in [1.29, 1.82) is 0 Å². The molecule has 0 radical (unpaired) electrons. The van der Waals surface area contributed by atoms with E-state index in [1.165, 1.54) is 0 Å². The highest BCUT2D eigenvalue weighted by atomic mass is 19.4. The summed E-state index contributed by atoms with van der Waals surface area (Å²) in [7, 11) is 1.65. The fourth-order valence-corrected chi connectivity index (χ4v) is 5.23. The molecule has 0 spiro atoms. The van der Waals surface area contributed by atoms with E-state index < -0.39 is 11.9 Å². The van der Waals surface area contributed by atoms with E-state index >= 15 is 0 Å². The summed E-state index contributed by atoms with van der Waals surface area (Å²) in [6, 6.07) is 6.05. The Bertz CT molecular complexity index is 979. The Morgan fingerprint density at radius 3 is 2.74 bits per heavy atom. The van der Waals surface area contributed by atoms with Crippen LogP contribution in [0.25, 0.3) is 0 Å². The van der Waals surface area contributed by atoms with Gasteiger partial charge in [0.2, 0.25) is 0 Å². The van der Waals surface area contributed by atoms with Gasteiger partial charge in [-0.05, 0) is 55.7 Å². The van der Waals surface area contributed by atoms with Crippen LogP contribution in [0.15, 0.2) is 30.5 Å². The summed E-state index contributed by atoms with van der Waals surface area (Å²) in [5.74, 6) is 1.08. The van der Waals surface area contributed by atoms with Crippen molar-refractivity contribution in [3.05, 3.63) is 58.6 Å². The van der Waals surface area contributed by atoms with Crippen molar-refractivity contribution in [1.82, 2.24) is 14.7 Å². The van der Waals surface area contributed by atoms with Gasteiger partial charge in [-0.25, -0.2) is 0 Å². The molecule has 7 heteroatoms. The lowest BCUT2D eigenvalue weighted by atomic mass is 9.98. The Morgan fingerprint density at radius 1 is 1.29 bits per heavy atom. The van der Waals surface area contributed by atoms with E-state index in [0.29, 0.717) is 29.8 Å². The van der Waals surface area contributed by atoms with Gasteiger partial charge in [0.05, 0.1) is 25.4 Å². The van der Waals surface area contributed by atoms with Crippen molar-refractivity contribution in [2.75, 3.05) is 13.7 Å². The van der Waals surface area contributed by atoms with E-state index in [1.807, 2.05) is 26.0 Å². The topological polar surface area (TPSA) is 30.3 Å². The average molecular weight is 434 g/mol. The second-order valence-corrected chi connectivity index (χ2v) is 8.70. The van der Waals surface area contributed by atoms with E-state index in [2.05, 4.69) is 22.6 Å². The zero-order valence-electron chi connectivity index (χ0n) is 18.4. The third-order valence-electron chi connectivity index (χ3n) is 6.85. The number of methoxy groups -OCH3 is 1. The predicted octanol–water partition coefficient (Wildman–Crippen LogP) is 5.69. The van der Waals surface area contributed by atoms with Gasteiger partial charge in [0.15, 0.2) is 0 Å². The molecule has 0 bridgehead atoms. The number of nitrogens with zero attached hydrogens (tertiary/aromatic N) is 3. The minimum absolute atomic E-state index is 0.0537. The molecule has 4 rings (SSSR count). The summed E-state index contributed by atoms with van der Waals surface area (Å²) in [5, 5.41) is 4.40. The first-order valence-electron chi connectivity index (χ1n) is 11.0. The number of aromatic nitrogens is 2. The molecular formula is C24H30F3N3O. The van der Waals surface area contributed by atoms with Crippen molar-refractivity contribution in [3.63, 3.8) is 0 Å². The number of allylic oxidation sites excluding steroid dienone is 1. The zero-order valence-corrected chi connectivity index (χ0v) is 18.4. The number of benzene rings is 1. The Hall–Kier alpha value is -2.44. The van der Waals surface area contributed by atoms with E-state index in [9.17, 15) is 13.2 Å². The van der Waals surface area contributed by atoms with E-state index in [4.69, 9.17) is 4.74 Å². The standard InChI is InChI=1S/C24H30F3N3O/c1-5-17-12-19-20(13-17)28-30(23(19)24(25,26)27)14-15(2)29-11-7-9-21(29)18-8-6-10-22(31-4)16(18)3/h6,8,10,17,21H,2,5,7,9,11-14H2,1,3-4H3/t17?,21-/m1/s1. The van der Waals surface area contributed by atoms with Crippen molar-refractivity contribution >= 4 is 0 Å². The second-order valence-electron chi connectivity index (χ2n) is 8.70. The molecule has 1 aliphatic heterocycles. The molecule has 1 aromatic heterocycles. The maximum Gasteiger partial charge on any atom is 0.433 e. The van der Waals surface area contributed by atoms with E-state index in [1.54, 1.807) is 7.11 Å². The van der Waals surface area contributed by atoms with E-state index in [-0.39, 0.29) is 18.5 Å². The highest BCUT2D eigenvalue weighted by Crippen LogP contribution is 2.41. The molecule has 4 nitrogen and oxygen atoms in total. The summed E-state index contributed by atoms with van der Waals surface area (Å²) in [4.78, 5) is 2.14. The summed E-state index contributed by atoms with van der Waals surface area (Å²) in [5.41, 5.74) is 3.27. The smallest absolute Gasteiger partial charge is 0.433 e. The monoisotopic (exact) mass is 433 g/mol. The molecule has 1 aromatic carbocycles. The van der Waals surface area contributed by atoms with Gasteiger partial charge in [-0.3, -0.25) is 4.68 Å². The molecule has 2 heterocycles. The number of rotatable bonds is 6. The molecule has 2 atom stereocenters. The van der Waals surface area contributed by atoms with E-state index in [0.717, 1.165) is 47.4 Å². The zero-order chi connectivity index (χ0) is 22.3. The highest BCUT2D eigenvalue weighted by Gasteiger charge is 2.42. The molecule has 0 saturated carbocycles. The first-order chi connectivity index (χ1) is 14.7. The number of hydrogen-bond acceptors (Lipinski definition) is 3. The lowest BCUT2D eigenvalue weighted by molar-refractivity contribution is -0.144. The van der Waals surface area contributed by atoms with Gasteiger partial charge >= 0.3 is 6.18 Å². The van der Waals surface area contributed by atoms with Gasteiger partial charge < -0.3 is 9.64 Å². The van der Waals surface area contributed by atoms with Gasteiger partial charge in [0.25, 0.3) is 0 Å². The lowest BCUT2D eigenvalue weighted by Gasteiger charge is -2.30. The van der Waals surface area contributed by atoms with Crippen molar-refractivity contribution in [2.24, 2.45) is 5.92 Å². The van der Waals surface area contributed by atoms with Crippen LogP contribution in [0.3, 0.4) is 0 Å². The predicted molar refractivity (Wildman–Crippen MR) is 114 cm³/mol. The summed E-state index contributed by atoms with van der Waals surface area (Å²) in [6.45, 7) is 9.06. The van der Waals surface area contributed by atoms with Crippen molar-refractivity contribution < 1.29 is 17.9 Å². The number of alkyl halides is 3. The maximum absolute atomic E-state index is 14.0. The van der Waals surface area contributed by atoms with Gasteiger partial charge in [-0.1, -0.05) is 32.1 Å². The Balaban J connectivity index is 1.60. The number of hydrogen-bond donors (Lipinski definition) is 0. The van der Waals surface area contributed by atoms with Gasteiger partial charge in [0.1, 0.15) is 11.4 Å². The second kappa shape index (κ2) is 8.24. The molecule has 1 fully saturated rings. The first-order valence-corrected chi connectivity index (χ1v) is 11.0. The van der Waals surface area contributed by atoms with Crippen LogP contribution in [0.2, 0.25) is 0 Å². The molecule has 0 N–H and O–H groups in total. The third-order valence-corrected chi connectivity index (χ3v) is 6.85. The Morgan fingerprint density at radius 2 is 2.06 bits per heavy atom. The number of ether oxygens (including phenoxy) is 1. The average Bonchev–Trinajstić information content (AvgIpc) is 3.41. The van der Waals surface area contributed by atoms with Crippen LogP contribution in [-0.4, -0.2) is 28.3 Å². The lowest BCUT2D eigenvalue weighted by Crippen LogP contribution is -2.27. The van der Waals surface area contributed by atoms with Gasteiger partial charge in [0, 0.05) is 17.8 Å². The van der Waals surface area contributed by atoms with Gasteiger partial charge in [-0.15, -0.1) is 0 Å². The molecule has 2 aliphatic rings. The maximum atomic E-state index is 14.0. The van der Waals surface area contributed by atoms with Crippen LogP contribution in [0, 0.1) is 12.8 Å². The Labute approximate surface area is 181 Å². The van der Waals surface area contributed by atoms with Crippen LogP contribution >= 0.6 is 0 Å².